The Kier molecular flexibility index (Phi) is 5.37. The van der Waals surface area contributed by atoms with E-state index in [9.17, 15) is 17.6 Å². The zero-order valence-electron chi connectivity index (χ0n) is 13.7. The molecule has 0 amide bonds. The Morgan fingerprint density at radius 1 is 1.11 bits per heavy atom. The standard InChI is InChI=1S/C17H9ClF4N4O2/c18-11-1-9(2-14(5-11)28-17(20,21)22)8-27-13-4-10(3-12(19)6-13)16-15(7-23)24-26-25-16/h1-6H,8H2,(H,24,25,26). The summed E-state index contributed by atoms with van der Waals surface area (Å²) in [5, 5.41) is 18.6. The molecule has 0 aliphatic heterocycles. The van der Waals surface area contributed by atoms with Crippen LogP contribution in [0.2, 0.25) is 5.02 Å². The Balaban J connectivity index is 1.81. The van der Waals surface area contributed by atoms with Gasteiger partial charge in [0, 0.05) is 16.7 Å². The van der Waals surface area contributed by atoms with Crippen LogP contribution in [0, 0.1) is 17.1 Å². The van der Waals surface area contributed by atoms with Gasteiger partial charge in [-0.1, -0.05) is 16.8 Å². The van der Waals surface area contributed by atoms with Gasteiger partial charge in [0.05, 0.1) is 0 Å². The molecule has 28 heavy (non-hydrogen) atoms. The summed E-state index contributed by atoms with van der Waals surface area (Å²) in [6.07, 6.45) is -4.86. The zero-order valence-corrected chi connectivity index (χ0v) is 14.5. The van der Waals surface area contributed by atoms with Crippen molar-refractivity contribution < 1.29 is 27.0 Å². The first kappa shape index (κ1) is 19.4. The average Bonchev–Trinajstić information content (AvgIpc) is 3.06. The minimum atomic E-state index is -4.86. The third-order valence-electron chi connectivity index (χ3n) is 3.38. The Morgan fingerprint density at radius 2 is 1.89 bits per heavy atom. The van der Waals surface area contributed by atoms with E-state index in [4.69, 9.17) is 21.6 Å². The molecule has 0 spiro atoms. The van der Waals surface area contributed by atoms with Crippen LogP contribution in [0.4, 0.5) is 17.6 Å². The van der Waals surface area contributed by atoms with E-state index in [1.807, 2.05) is 6.07 Å². The number of alkyl halides is 3. The highest BCUT2D eigenvalue weighted by Crippen LogP contribution is 2.29. The summed E-state index contributed by atoms with van der Waals surface area (Å²) in [6.45, 7) is -0.207. The molecule has 1 aromatic heterocycles. The van der Waals surface area contributed by atoms with Crippen molar-refractivity contribution in [3.05, 3.63) is 58.5 Å². The monoisotopic (exact) mass is 412 g/mol. The van der Waals surface area contributed by atoms with Gasteiger partial charge >= 0.3 is 6.36 Å². The molecule has 11 heteroatoms. The van der Waals surface area contributed by atoms with Crippen LogP contribution in [0.15, 0.2) is 36.4 Å². The van der Waals surface area contributed by atoms with Crippen molar-refractivity contribution in [2.45, 2.75) is 13.0 Å². The molecule has 0 aliphatic rings. The fourth-order valence-electron chi connectivity index (χ4n) is 2.35. The molecule has 0 saturated carbocycles. The van der Waals surface area contributed by atoms with Crippen LogP contribution < -0.4 is 9.47 Å². The van der Waals surface area contributed by atoms with Gasteiger partial charge in [-0.15, -0.1) is 18.3 Å². The summed E-state index contributed by atoms with van der Waals surface area (Å²) in [6, 6.07) is 8.96. The third-order valence-corrected chi connectivity index (χ3v) is 3.59. The van der Waals surface area contributed by atoms with Crippen molar-refractivity contribution in [3.8, 4) is 28.8 Å². The number of nitriles is 1. The van der Waals surface area contributed by atoms with Gasteiger partial charge in [-0.2, -0.15) is 5.26 Å². The van der Waals surface area contributed by atoms with Crippen molar-refractivity contribution in [1.82, 2.24) is 15.4 Å². The summed E-state index contributed by atoms with van der Waals surface area (Å²) in [5.74, 6) is -1.09. The van der Waals surface area contributed by atoms with Gasteiger partial charge in [0.2, 0.25) is 0 Å². The van der Waals surface area contributed by atoms with Gasteiger partial charge in [-0.3, -0.25) is 0 Å². The molecule has 3 aromatic rings. The number of ether oxygens (including phenoxy) is 2. The largest absolute Gasteiger partial charge is 0.573 e. The Bertz CT molecular complexity index is 1050. The third kappa shape index (κ3) is 4.89. The van der Waals surface area contributed by atoms with E-state index in [0.717, 1.165) is 24.3 Å². The molecular formula is C17H9ClF4N4O2. The molecule has 2 aromatic carbocycles. The number of H-pyrrole nitrogens is 1. The first-order valence-corrected chi connectivity index (χ1v) is 7.91. The Hall–Kier alpha value is -3.32. The topological polar surface area (TPSA) is 83.8 Å². The summed E-state index contributed by atoms with van der Waals surface area (Å²) >= 11 is 5.80. The van der Waals surface area contributed by atoms with Gasteiger partial charge in [-0.25, -0.2) is 9.49 Å². The molecule has 144 valence electrons. The smallest absolute Gasteiger partial charge is 0.489 e. The van der Waals surface area contributed by atoms with Gasteiger partial charge < -0.3 is 9.47 Å². The molecule has 0 radical (unpaired) electrons. The highest BCUT2D eigenvalue weighted by Gasteiger charge is 2.31. The van der Waals surface area contributed by atoms with Crippen molar-refractivity contribution in [3.63, 3.8) is 0 Å². The van der Waals surface area contributed by atoms with E-state index in [2.05, 4.69) is 20.1 Å². The molecule has 0 saturated heterocycles. The molecule has 0 aliphatic carbocycles. The molecule has 0 unspecified atom stereocenters. The quantitative estimate of drug-likeness (QED) is 0.618. The van der Waals surface area contributed by atoms with E-state index in [-0.39, 0.29) is 39.9 Å². The number of rotatable bonds is 5. The highest BCUT2D eigenvalue weighted by molar-refractivity contribution is 6.30. The van der Waals surface area contributed by atoms with E-state index in [1.165, 1.54) is 12.1 Å². The van der Waals surface area contributed by atoms with Crippen LogP contribution in [0.1, 0.15) is 11.3 Å². The second-order valence-corrected chi connectivity index (χ2v) is 5.89. The SMILES string of the molecule is N#Cc1[nH]nnc1-c1cc(F)cc(OCc2cc(Cl)cc(OC(F)(F)F)c2)c1. The summed E-state index contributed by atoms with van der Waals surface area (Å²) < 4.78 is 60.3. The number of benzene rings is 2. The fourth-order valence-corrected chi connectivity index (χ4v) is 2.60. The Morgan fingerprint density at radius 3 is 2.61 bits per heavy atom. The van der Waals surface area contributed by atoms with Crippen molar-refractivity contribution in [2.24, 2.45) is 0 Å². The first-order valence-electron chi connectivity index (χ1n) is 7.53. The van der Waals surface area contributed by atoms with E-state index < -0.39 is 17.9 Å². The van der Waals surface area contributed by atoms with Crippen LogP contribution in [-0.2, 0) is 6.61 Å². The summed E-state index contributed by atoms with van der Waals surface area (Å²) in [4.78, 5) is 0. The van der Waals surface area contributed by atoms with Gasteiger partial charge in [0.1, 0.15) is 35.7 Å². The Labute approximate surface area is 160 Å². The number of nitrogens with one attached hydrogen (secondary N) is 1. The van der Waals surface area contributed by atoms with Crippen LogP contribution in [-0.4, -0.2) is 21.8 Å². The van der Waals surface area contributed by atoms with E-state index >= 15 is 0 Å². The number of halogens is 5. The minimum absolute atomic E-state index is 0.0153. The van der Waals surface area contributed by atoms with Gasteiger partial charge in [0.25, 0.3) is 0 Å². The molecule has 0 atom stereocenters. The fraction of sp³-hybridized carbons (Fsp3) is 0.118. The molecule has 6 nitrogen and oxygen atoms in total. The normalized spacial score (nSPS) is 11.1. The molecule has 1 N–H and O–H groups in total. The second kappa shape index (κ2) is 7.74. The van der Waals surface area contributed by atoms with Crippen molar-refractivity contribution in [2.75, 3.05) is 0 Å². The van der Waals surface area contributed by atoms with Crippen molar-refractivity contribution in [1.29, 1.82) is 5.26 Å². The summed E-state index contributed by atoms with van der Waals surface area (Å²) in [7, 11) is 0. The molecule has 0 bridgehead atoms. The zero-order chi connectivity index (χ0) is 20.3. The predicted octanol–water partition coefficient (Wildman–Crippen LogP) is 4.61. The number of nitrogens with zero attached hydrogens (tertiary/aromatic N) is 3. The van der Waals surface area contributed by atoms with Crippen LogP contribution in [0.3, 0.4) is 0 Å². The lowest BCUT2D eigenvalue weighted by Gasteiger charge is -2.12. The number of aromatic amines is 1. The molecular weight excluding hydrogens is 404 g/mol. The number of aromatic nitrogens is 3. The lowest BCUT2D eigenvalue weighted by Crippen LogP contribution is -2.17. The summed E-state index contributed by atoms with van der Waals surface area (Å²) in [5.41, 5.74) is 0.694. The predicted molar refractivity (Wildman–Crippen MR) is 89.0 cm³/mol. The van der Waals surface area contributed by atoms with E-state index in [1.54, 1.807) is 0 Å². The molecule has 0 fully saturated rings. The van der Waals surface area contributed by atoms with Gasteiger partial charge in [-0.05, 0) is 35.9 Å². The highest BCUT2D eigenvalue weighted by atomic mass is 35.5. The van der Waals surface area contributed by atoms with E-state index in [0.29, 0.717) is 0 Å². The maximum Gasteiger partial charge on any atom is 0.573 e. The van der Waals surface area contributed by atoms with Crippen LogP contribution >= 0.6 is 11.6 Å². The lowest BCUT2D eigenvalue weighted by molar-refractivity contribution is -0.274. The number of hydrogen-bond donors (Lipinski definition) is 1. The van der Waals surface area contributed by atoms with Crippen LogP contribution in [0.25, 0.3) is 11.3 Å². The number of hydrogen-bond acceptors (Lipinski definition) is 5. The maximum atomic E-state index is 13.9. The van der Waals surface area contributed by atoms with Gasteiger partial charge in [0.15, 0.2) is 5.69 Å². The average molecular weight is 413 g/mol. The first-order chi connectivity index (χ1) is 13.2. The second-order valence-electron chi connectivity index (χ2n) is 5.45. The lowest BCUT2D eigenvalue weighted by atomic mass is 10.1. The molecule has 3 rings (SSSR count). The van der Waals surface area contributed by atoms with Crippen molar-refractivity contribution >= 4 is 11.6 Å². The minimum Gasteiger partial charge on any atom is -0.489 e. The molecule has 1 heterocycles. The van der Waals surface area contributed by atoms with Crippen LogP contribution in [0.5, 0.6) is 11.5 Å². The maximum absolute atomic E-state index is 13.9.